The van der Waals surface area contributed by atoms with Crippen molar-refractivity contribution in [1.82, 2.24) is 0 Å². The standard InChI is InChI=1S/C31H42O2/c1-18-3-19(2)29(33-17-26-16-32-26)28(31-13-23-7-24(14-31)9-25(8-23)15-31)27(18)30-10-20-4-21(11-30)6-22(5-20)12-30/h3,20-26H,4-17H2,1-2H3. The number of hydrogen-bond donors (Lipinski definition) is 0. The molecule has 1 unspecified atom stereocenters. The highest BCUT2D eigenvalue weighted by molar-refractivity contribution is 5.58. The Morgan fingerprint density at radius 2 is 1.12 bits per heavy atom. The summed E-state index contributed by atoms with van der Waals surface area (Å²) in [6, 6.07) is 2.51. The molecule has 1 aliphatic heterocycles. The van der Waals surface area contributed by atoms with Gasteiger partial charge in [0.25, 0.3) is 0 Å². The zero-order valence-corrected chi connectivity index (χ0v) is 20.8. The number of hydrogen-bond acceptors (Lipinski definition) is 2. The van der Waals surface area contributed by atoms with Gasteiger partial charge in [-0.2, -0.15) is 0 Å². The SMILES string of the molecule is Cc1cc(C)c(C23CC4CC(CC(C4)C2)C3)c(C23CC4CC(CC(C4)C2)C3)c1OCC1CO1. The molecule has 0 aromatic heterocycles. The molecule has 0 N–H and O–H groups in total. The summed E-state index contributed by atoms with van der Waals surface area (Å²) >= 11 is 0. The van der Waals surface area contributed by atoms with E-state index in [4.69, 9.17) is 9.47 Å². The third-order valence-electron chi connectivity index (χ3n) is 11.6. The molecule has 1 heterocycles. The predicted molar refractivity (Wildman–Crippen MR) is 131 cm³/mol. The number of rotatable bonds is 5. The van der Waals surface area contributed by atoms with Gasteiger partial charge in [-0.25, -0.2) is 0 Å². The smallest absolute Gasteiger partial charge is 0.126 e. The number of benzene rings is 1. The summed E-state index contributed by atoms with van der Waals surface area (Å²) in [5.74, 6) is 7.20. The Balaban J connectivity index is 1.33. The Bertz CT molecular complexity index is 915. The van der Waals surface area contributed by atoms with Gasteiger partial charge >= 0.3 is 0 Å². The molecule has 9 fully saturated rings. The van der Waals surface area contributed by atoms with Crippen LogP contribution < -0.4 is 4.74 Å². The van der Waals surface area contributed by atoms with Gasteiger partial charge in [0.15, 0.2) is 0 Å². The van der Waals surface area contributed by atoms with Crippen molar-refractivity contribution in [2.45, 2.75) is 108 Å². The van der Waals surface area contributed by atoms with E-state index in [0.717, 1.165) is 48.7 Å². The molecule has 1 aromatic rings. The van der Waals surface area contributed by atoms with Crippen molar-refractivity contribution in [2.75, 3.05) is 13.2 Å². The first kappa shape index (κ1) is 20.2. The van der Waals surface area contributed by atoms with Crippen LogP contribution in [0.3, 0.4) is 0 Å². The van der Waals surface area contributed by atoms with Crippen molar-refractivity contribution in [3.05, 3.63) is 28.3 Å². The van der Waals surface area contributed by atoms with E-state index in [1.165, 1.54) is 88.4 Å². The van der Waals surface area contributed by atoms with Crippen molar-refractivity contribution in [2.24, 2.45) is 35.5 Å². The van der Waals surface area contributed by atoms with Gasteiger partial charge in [-0.15, -0.1) is 0 Å². The molecule has 1 saturated heterocycles. The summed E-state index contributed by atoms with van der Waals surface area (Å²) in [5.41, 5.74) is 7.41. The maximum Gasteiger partial charge on any atom is 0.126 e. The zero-order chi connectivity index (χ0) is 21.9. The average molecular weight is 447 g/mol. The van der Waals surface area contributed by atoms with Gasteiger partial charge in [-0.05, 0) is 149 Å². The lowest BCUT2D eigenvalue weighted by molar-refractivity contribution is -0.0187. The van der Waals surface area contributed by atoms with E-state index in [9.17, 15) is 0 Å². The maximum absolute atomic E-state index is 6.82. The second kappa shape index (κ2) is 6.80. The van der Waals surface area contributed by atoms with Gasteiger partial charge < -0.3 is 9.47 Å². The molecule has 0 spiro atoms. The highest BCUT2D eigenvalue weighted by Gasteiger charge is 2.58. The van der Waals surface area contributed by atoms with Gasteiger partial charge in [0, 0.05) is 11.0 Å². The largest absolute Gasteiger partial charge is 0.490 e. The molecule has 0 radical (unpaired) electrons. The normalized spacial score (nSPS) is 48.5. The number of ether oxygens (including phenoxy) is 2. The molecule has 33 heavy (non-hydrogen) atoms. The van der Waals surface area contributed by atoms with Gasteiger partial charge in [0.1, 0.15) is 18.5 Å². The summed E-state index contributed by atoms with van der Waals surface area (Å²) < 4.78 is 12.4. The summed E-state index contributed by atoms with van der Waals surface area (Å²) in [6.07, 6.45) is 18.2. The van der Waals surface area contributed by atoms with E-state index in [-0.39, 0.29) is 0 Å². The lowest BCUT2D eigenvalue weighted by Crippen LogP contribution is -2.53. The van der Waals surface area contributed by atoms with Crippen molar-refractivity contribution in [1.29, 1.82) is 0 Å². The summed E-state index contributed by atoms with van der Waals surface area (Å²) in [5, 5.41) is 0. The topological polar surface area (TPSA) is 21.8 Å². The van der Waals surface area contributed by atoms with E-state index in [0.29, 0.717) is 16.9 Å². The molecular weight excluding hydrogens is 404 g/mol. The van der Waals surface area contributed by atoms with Gasteiger partial charge in [-0.1, -0.05) is 6.07 Å². The first-order valence-electron chi connectivity index (χ1n) is 14.4. The first-order valence-corrected chi connectivity index (χ1v) is 14.4. The second-order valence-corrected chi connectivity index (χ2v) is 14.3. The first-order chi connectivity index (χ1) is 16.0. The minimum absolute atomic E-state index is 0.331. The minimum atomic E-state index is 0.331. The predicted octanol–water partition coefficient (Wildman–Crippen LogP) is 7.02. The maximum atomic E-state index is 6.82. The Kier molecular flexibility index (Phi) is 4.16. The van der Waals surface area contributed by atoms with Crippen LogP contribution in [0.5, 0.6) is 5.75 Å². The van der Waals surface area contributed by atoms with Gasteiger partial charge in [0.05, 0.1) is 6.61 Å². The van der Waals surface area contributed by atoms with Crippen molar-refractivity contribution < 1.29 is 9.47 Å². The van der Waals surface area contributed by atoms with Crippen LogP contribution in [-0.2, 0) is 15.6 Å². The summed E-state index contributed by atoms with van der Waals surface area (Å²) in [6.45, 7) is 6.45. The van der Waals surface area contributed by atoms with Crippen molar-refractivity contribution >= 4 is 0 Å². The molecule has 2 nitrogen and oxygen atoms in total. The molecule has 2 heteroatoms. The lowest BCUT2D eigenvalue weighted by atomic mass is 9.43. The van der Waals surface area contributed by atoms with Crippen LogP contribution in [0.4, 0.5) is 0 Å². The monoisotopic (exact) mass is 446 g/mol. The van der Waals surface area contributed by atoms with Crippen LogP contribution in [0.2, 0.25) is 0 Å². The summed E-state index contributed by atoms with van der Waals surface area (Å²) in [7, 11) is 0. The van der Waals surface area contributed by atoms with E-state index >= 15 is 0 Å². The van der Waals surface area contributed by atoms with E-state index in [2.05, 4.69) is 19.9 Å². The quantitative estimate of drug-likeness (QED) is 0.453. The molecule has 1 aromatic carbocycles. The molecule has 178 valence electrons. The molecule has 10 rings (SSSR count). The van der Waals surface area contributed by atoms with E-state index < -0.39 is 0 Å². The van der Waals surface area contributed by atoms with Crippen LogP contribution in [0, 0.1) is 49.4 Å². The highest BCUT2D eigenvalue weighted by Crippen LogP contribution is 2.67. The molecule has 8 saturated carbocycles. The lowest BCUT2D eigenvalue weighted by Gasteiger charge is -2.61. The van der Waals surface area contributed by atoms with Gasteiger partial charge in [-0.3, -0.25) is 0 Å². The average Bonchev–Trinajstić information content (AvgIpc) is 3.55. The van der Waals surface area contributed by atoms with Gasteiger partial charge in [0.2, 0.25) is 0 Å². The fourth-order valence-electron chi connectivity index (χ4n) is 11.5. The molecule has 0 amide bonds. The Hall–Kier alpha value is -1.02. The second-order valence-electron chi connectivity index (χ2n) is 14.3. The molecule has 9 aliphatic rings. The third kappa shape index (κ3) is 3.01. The van der Waals surface area contributed by atoms with E-state index in [1.54, 1.807) is 11.1 Å². The fraction of sp³-hybridized carbons (Fsp3) is 0.806. The van der Waals surface area contributed by atoms with Crippen LogP contribution >= 0.6 is 0 Å². The molecule has 8 aliphatic carbocycles. The van der Waals surface area contributed by atoms with E-state index in [1.807, 2.05) is 5.56 Å². The Morgan fingerprint density at radius 3 is 1.55 bits per heavy atom. The van der Waals surface area contributed by atoms with Crippen LogP contribution in [0.1, 0.15) is 99.3 Å². The summed E-state index contributed by atoms with van der Waals surface area (Å²) in [4.78, 5) is 0. The zero-order valence-electron chi connectivity index (χ0n) is 20.8. The number of aryl methyl sites for hydroxylation is 2. The van der Waals surface area contributed by atoms with Crippen LogP contribution in [-0.4, -0.2) is 19.3 Å². The molecule has 1 atom stereocenters. The van der Waals surface area contributed by atoms with Crippen molar-refractivity contribution in [3.63, 3.8) is 0 Å². The Labute approximate surface area is 200 Å². The van der Waals surface area contributed by atoms with Crippen molar-refractivity contribution in [3.8, 4) is 5.75 Å². The number of epoxide rings is 1. The molecular formula is C31H42O2. The van der Waals surface area contributed by atoms with Crippen LogP contribution in [0.15, 0.2) is 6.07 Å². The fourth-order valence-corrected chi connectivity index (χ4v) is 11.5. The third-order valence-corrected chi connectivity index (χ3v) is 11.6. The highest BCUT2D eigenvalue weighted by atomic mass is 16.6. The van der Waals surface area contributed by atoms with Crippen LogP contribution in [0.25, 0.3) is 0 Å². The Morgan fingerprint density at radius 1 is 0.697 bits per heavy atom. The molecule has 8 bridgehead atoms. The minimum Gasteiger partial charge on any atom is -0.490 e.